The molecule has 0 radical (unpaired) electrons. The Balaban J connectivity index is 0.000000272. The van der Waals surface area contributed by atoms with E-state index in [0.717, 1.165) is 28.4 Å². The van der Waals surface area contributed by atoms with Crippen molar-refractivity contribution < 1.29 is 50.3 Å². The summed E-state index contributed by atoms with van der Waals surface area (Å²) in [7, 11) is 3.91. The van der Waals surface area contributed by atoms with E-state index >= 15 is 0 Å². The molecule has 16 heteroatoms. The van der Waals surface area contributed by atoms with E-state index in [1.165, 1.54) is 36.4 Å². The lowest BCUT2D eigenvalue weighted by molar-refractivity contribution is 0.195. The highest BCUT2D eigenvalue weighted by Gasteiger charge is 2.08. The number of nitrogens with two attached hydrogens (primary N) is 5. The highest BCUT2D eigenvalue weighted by Crippen LogP contribution is 2.33. The average molecular weight is 895 g/mol. The summed E-state index contributed by atoms with van der Waals surface area (Å²) in [5.74, 6) is 2.16. The molecule has 7 aromatic carbocycles. The third-order valence-electron chi connectivity index (χ3n) is 8.58. The SMILES string of the molecule is CN(C)Cc1ccc(N)cc1O.Cc1c(O)cccc1O.Cc1ccc(N)cc1O.Nc1cc(N)c(OCCO)cc1OCCO.Nc1cccc(O)c1.Oc1cccc2ccccc12. The molecule has 0 bridgehead atoms. The smallest absolute Gasteiger partial charge is 0.146 e. The van der Waals surface area contributed by atoms with Crippen LogP contribution in [-0.2, 0) is 6.54 Å². The maximum atomic E-state index is 9.43. The summed E-state index contributed by atoms with van der Waals surface area (Å²) in [5.41, 5.74) is 32.3. The second kappa shape index (κ2) is 27.9. The van der Waals surface area contributed by atoms with E-state index in [1.807, 2.05) is 68.4 Å². The van der Waals surface area contributed by atoms with Crippen molar-refractivity contribution in [3.05, 3.63) is 150 Å². The van der Waals surface area contributed by atoms with Gasteiger partial charge in [-0.05, 0) is 87.4 Å². The summed E-state index contributed by atoms with van der Waals surface area (Å²) in [4.78, 5) is 1.99. The molecule has 0 aliphatic rings. The number of phenolic OH excluding ortho intramolecular Hbond substituents is 6. The first kappa shape index (κ1) is 53.2. The molecule has 0 amide bonds. The first-order valence-corrected chi connectivity index (χ1v) is 20.0. The molecule has 18 N–H and O–H groups in total. The number of aryl methyl sites for hydroxylation is 1. The summed E-state index contributed by atoms with van der Waals surface area (Å²) < 4.78 is 10.4. The zero-order valence-electron chi connectivity index (χ0n) is 37.0. The molecule has 0 atom stereocenters. The molecule has 0 heterocycles. The van der Waals surface area contributed by atoms with Crippen molar-refractivity contribution in [3.8, 4) is 46.0 Å². The third kappa shape index (κ3) is 19.8. The number of nitrogens with zero attached hydrogens (tertiary/aromatic N) is 1. The number of hydrogen-bond acceptors (Lipinski definition) is 16. The standard InChI is InChI=1S/C10H16N2O4.C10H8O.C9H14N2O.C7H9NO.C7H8O2.C6H7NO/c11-7-5-8(12)10(16-4-2-14)6-9(7)15-3-1-13;11-10-7-3-5-8-4-1-2-6-9(8)10;1-11(2)6-7-3-4-8(10)5-9(7)12;1-5-2-3-6(8)4-7(5)9;1-5-6(8)3-2-4-7(5)9;7-5-2-1-3-6(8)4-5/h5-6,13-14H,1-4,11-12H2;1-7,11H;3-5,12H,6,10H2,1-2H3;2-4,9H,8H2,1H3;2-4,8-9H,1H3;1-4,8H,7H2. The molecule has 0 spiro atoms. The van der Waals surface area contributed by atoms with Gasteiger partial charge in [-0.2, -0.15) is 0 Å². The van der Waals surface area contributed by atoms with Crippen molar-refractivity contribution in [2.45, 2.75) is 20.4 Å². The second-order valence-electron chi connectivity index (χ2n) is 14.3. The lowest BCUT2D eigenvalue weighted by Crippen LogP contribution is -2.10. The number of fused-ring (bicyclic) bond motifs is 1. The van der Waals surface area contributed by atoms with Crippen molar-refractivity contribution in [2.24, 2.45) is 0 Å². The molecule has 0 aliphatic carbocycles. The predicted molar refractivity (Wildman–Crippen MR) is 260 cm³/mol. The number of aliphatic hydroxyl groups excluding tert-OH is 2. The molecular weight excluding hydrogens is 833 g/mol. The van der Waals surface area contributed by atoms with Gasteiger partial charge in [0.15, 0.2) is 0 Å². The van der Waals surface area contributed by atoms with Gasteiger partial charge in [0.25, 0.3) is 0 Å². The summed E-state index contributed by atoms with van der Waals surface area (Å²) in [6.07, 6.45) is 0. The number of anilines is 5. The van der Waals surface area contributed by atoms with Gasteiger partial charge in [0, 0.05) is 64.4 Å². The number of benzene rings is 7. The fraction of sp³-hybridized carbons (Fsp3) is 0.184. The number of aliphatic hydroxyl groups is 2. The van der Waals surface area contributed by atoms with Crippen LogP contribution in [0.5, 0.6) is 46.0 Å². The van der Waals surface area contributed by atoms with E-state index in [2.05, 4.69) is 0 Å². The molecule has 0 aliphatic heterocycles. The van der Waals surface area contributed by atoms with Crippen LogP contribution in [0.15, 0.2) is 133 Å². The number of nitrogen functional groups attached to an aromatic ring is 5. The van der Waals surface area contributed by atoms with Gasteiger partial charge in [0.2, 0.25) is 0 Å². The highest BCUT2D eigenvalue weighted by atomic mass is 16.5. The first-order valence-electron chi connectivity index (χ1n) is 20.0. The molecule has 0 saturated heterocycles. The van der Waals surface area contributed by atoms with Crippen LogP contribution in [0, 0.1) is 13.8 Å². The maximum absolute atomic E-state index is 9.43. The summed E-state index contributed by atoms with van der Waals surface area (Å²) in [6, 6.07) is 37.8. The number of rotatable bonds is 8. The fourth-order valence-electron chi connectivity index (χ4n) is 5.18. The Morgan fingerprint density at radius 3 is 1.43 bits per heavy atom. The number of ether oxygens (including phenoxy) is 2. The van der Waals surface area contributed by atoms with Gasteiger partial charge in [-0.25, -0.2) is 0 Å². The topological polar surface area (TPSA) is 314 Å². The molecule has 0 fully saturated rings. The van der Waals surface area contributed by atoms with Gasteiger partial charge in [0.1, 0.15) is 59.2 Å². The molecule has 7 rings (SSSR count). The van der Waals surface area contributed by atoms with Crippen LogP contribution in [0.4, 0.5) is 28.4 Å². The molecule has 0 unspecified atom stereocenters. The van der Waals surface area contributed by atoms with Crippen LogP contribution in [0.2, 0.25) is 0 Å². The zero-order valence-corrected chi connectivity index (χ0v) is 37.0. The predicted octanol–water partition coefficient (Wildman–Crippen LogP) is 6.84. The van der Waals surface area contributed by atoms with E-state index < -0.39 is 0 Å². The van der Waals surface area contributed by atoms with Gasteiger partial charge in [-0.15, -0.1) is 0 Å². The Morgan fingerprint density at radius 1 is 0.477 bits per heavy atom. The quantitative estimate of drug-likeness (QED) is 0.0695. The van der Waals surface area contributed by atoms with Crippen molar-refractivity contribution in [2.75, 3.05) is 69.2 Å². The molecule has 348 valence electrons. The van der Waals surface area contributed by atoms with E-state index in [0.29, 0.717) is 51.2 Å². The van der Waals surface area contributed by atoms with Crippen LogP contribution in [0.3, 0.4) is 0 Å². The highest BCUT2D eigenvalue weighted by molar-refractivity contribution is 5.87. The van der Waals surface area contributed by atoms with Crippen LogP contribution >= 0.6 is 0 Å². The molecule has 7 aromatic rings. The fourth-order valence-corrected chi connectivity index (χ4v) is 5.18. The van der Waals surface area contributed by atoms with E-state index in [4.69, 9.17) is 68.8 Å². The van der Waals surface area contributed by atoms with Crippen molar-refractivity contribution in [1.82, 2.24) is 4.90 Å². The van der Waals surface area contributed by atoms with Gasteiger partial charge < -0.3 is 83.9 Å². The van der Waals surface area contributed by atoms with Crippen LogP contribution < -0.4 is 38.1 Å². The Morgan fingerprint density at radius 2 is 0.969 bits per heavy atom. The van der Waals surface area contributed by atoms with E-state index in [1.54, 1.807) is 61.5 Å². The monoisotopic (exact) mass is 894 g/mol. The van der Waals surface area contributed by atoms with Crippen molar-refractivity contribution in [1.29, 1.82) is 0 Å². The first-order chi connectivity index (χ1) is 30.9. The lowest BCUT2D eigenvalue weighted by Gasteiger charge is -2.12. The molecule has 0 saturated carbocycles. The van der Waals surface area contributed by atoms with Crippen LogP contribution in [-0.4, -0.2) is 86.3 Å². The van der Waals surface area contributed by atoms with Crippen molar-refractivity contribution in [3.63, 3.8) is 0 Å². The minimum absolute atomic E-state index is 0.101. The molecular formula is C49H62N6O10. The Labute approximate surface area is 379 Å². The summed E-state index contributed by atoms with van der Waals surface area (Å²) >= 11 is 0. The number of hydrogen-bond donors (Lipinski definition) is 13. The summed E-state index contributed by atoms with van der Waals surface area (Å²) in [6.45, 7) is 4.31. The second-order valence-corrected chi connectivity index (χ2v) is 14.3. The summed E-state index contributed by atoms with van der Waals surface area (Å²) in [5, 5.41) is 73.7. The minimum Gasteiger partial charge on any atom is -0.508 e. The van der Waals surface area contributed by atoms with Gasteiger partial charge in [0.05, 0.1) is 24.6 Å². The number of phenols is 6. The molecule has 65 heavy (non-hydrogen) atoms. The Hall–Kier alpha value is -7.92. The van der Waals surface area contributed by atoms with Gasteiger partial charge in [-0.3, -0.25) is 0 Å². The van der Waals surface area contributed by atoms with Crippen molar-refractivity contribution >= 4 is 39.2 Å². The Bertz CT molecular complexity index is 2430. The van der Waals surface area contributed by atoms with Gasteiger partial charge >= 0.3 is 0 Å². The van der Waals surface area contributed by atoms with Crippen LogP contribution in [0.25, 0.3) is 10.8 Å². The lowest BCUT2D eigenvalue weighted by atomic mass is 10.1. The minimum atomic E-state index is -0.101. The average Bonchev–Trinajstić information content (AvgIpc) is 3.26. The Kier molecular flexibility index (Phi) is 22.8. The third-order valence-corrected chi connectivity index (χ3v) is 8.58. The van der Waals surface area contributed by atoms with Crippen LogP contribution in [0.1, 0.15) is 16.7 Å². The largest absolute Gasteiger partial charge is 0.508 e. The number of aromatic hydroxyl groups is 6. The maximum Gasteiger partial charge on any atom is 0.146 e. The van der Waals surface area contributed by atoms with Gasteiger partial charge in [-0.1, -0.05) is 60.7 Å². The molecule has 16 nitrogen and oxygen atoms in total. The van der Waals surface area contributed by atoms with E-state index in [9.17, 15) is 10.2 Å². The molecule has 0 aromatic heterocycles. The zero-order chi connectivity index (χ0) is 48.5. The normalized spacial score (nSPS) is 9.89. The van der Waals surface area contributed by atoms with E-state index in [-0.39, 0.29) is 55.2 Å².